The van der Waals surface area contributed by atoms with Gasteiger partial charge in [-0.05, 0) is 31.5 Å². The first kappa shape index (κ1) is 18.8. The molecule has 2 aromatic rings. The minimum absolute atomic E-state index is 0.137. The zero-order valence-corrected chi connectivity index (χ0v) is 15.1. The topological polar surface area (TPSA) is 117 Å². The maximum Gasteiger partial charge on any atom is 0.245 e. The third-order valence-corrected chi connectivity index (χ3v) is 4.36. The molecule has 0 bridgehead atoms. The molecule has 8 nitrogen and oxygen atoms in total. The number of nitrogens with two attached hydrogens (primary N) is 1. The highest BCUT2D eigenvalue weighted by Crippen LogP contribution is 2.26. The van der Waals surface area contributed by atoms with Crippen molar-refractivity contribution in [2.75, 3.05) is 25.5 Å². The molecule has 0 radical (unpaired) electrons. The number of anilines is 1. The molecule has 0 spiro atoms. The van der Waals surface area contributed by atoms with Crippen LogP contribution in [0.3, 0.4) is 0 Å². The number of nitrogens with zero attached hydrogens (tertiary/aromatic N) is 2. The summed E-state index contributed by atoms with van der Waals surface area (Å²) in [6.07, 6.45) is 0. The Hall–Kier alpha value is -2.52. The van der Waals surface area contributed by atoms with Crippen molar-refractivity contribution in [1.82, 2.24) is 15.2 Å². The van der Waals surface area contributed by atoms with Crippen LogP contribution in [0.1, 0.15) is 12.5 Å². The Morgan fingerprint density at radius 3 is 2.76 bits per heavy atom. The molecule has 25 heavy (non-hydrogen) atoms. The minimum atomic E-state index is -0.691. The minimum Gasteiger partial charge on any atom is -0.346 e. The second-order valence-corrected chi connectivity index (χ2v) is 6.83. The van der Waals surface area contributed by atoms with E-state index in [1.165, 1.54) is 30.2 Å². The van der Waals surface area contributed by atoms with Crippen LogP contribution in [0.5, 0.6) is 0 Å². The standard InChI is InChI=1S/C16H21N5O3S/c1-9-4-5-11-12(6-9)25-16(19-11)20-13(22)8-21(3)14(23)7-18-15(24)10(2)17/h4-6,10H,7-8,17H2,1-3H3,(H,18,24)(H,19,20,22)/t10-/m0/s1. The van der Waals surface area contributed by atoms with Gasteiger partial charge in [0.2, 0.25) is 17.7 Å². The summed E-state index contributed by atoms with van der Waals surface area (Å²) < 4.78 is 0.985. The van der Waals surface area contributed by atoms with Gasteiger partial charge in [0, 0.05) is 7.05 Å². The lowest BCUT2D eigenvalue weighted by atomic mass is 10.2. The molecule has 0 aliphatic carbocycles. The van der Waals surface area contributed by atoms with E-state index in [9.17, 15) is 14.4 Å². The Morgan fingerprint density at radius 2 is 2.08 bits per heavy atom. The summed E-state index contributed by atoms with van der Waals surface area (Å²) >= 11 is 1.38. The van der Waals surface area contributed by atoms with Crippen LogP contribution in [-0.2, 0) is 14.4 Å². The zero-order chi connectivity index (χ0) is 18.6. The Labute approximate surface area is 149 Å². The van der Waals surface area contributed by atoms with Gasteiger partial charge in [-0.15, -0.1) is 0 Å². The number of aryl methyl sites for hydroxylation is 1. The van der Waals surface area contributed by atoms with E-state index in [0.717, 1.165) is 15.8 Å². The van der Waals surface area contributed by atoms with Crippen LogP contribution in [0, 0.1) is 6.92 Å². The number of carbonyl (C=O) groups is 3. The van der Waals surface area contributed by atoms with Gasteiger partial charge >= 0.3 is 0 Å². The average Bonchev–Trinajstić information content (AvgIpc) is 2.92. The number of fused-ring (bicyclic) bond motifs is 1. The first-order valence-corrected chi connectivity index (χ1v) is 8.52. The lowest BCUT2D eigenvalue weighted by Gasteiger charge is -2.17. The fourth-order valence-corrected chi connectivity index (χ4v) is 2.99. The van der Waals surface area contributed by atoms with Crippen LogP contribution in [-0.4, -0.2) is 53.8 Å². The number of carbonyl (C=O) groups excluding carboxylic acids is 3. The summed E-state index contributed by atoms with van der Waals surface area (Å²) in [7, 11) is 1.49. The van der Waals surface area contributed by atoms with E-state index in [2.05, 4.69) is 15.6 Å². The summed E-state index contributed by atoms with van der Waals surface area (Å²) in [6, 6.07) is 5.16. The van der Waals surface area contributed by atoms with E-state index in [0.29, 0.717) is 5.13 Å². The van der Waals surface area contributed by atoms with Crippen LogP contribution in [0.2, 0.25) is 0 Å². The van der Waals surface area contributed by atoms with Gasteiger partial charge in [-0.2, -0.15) is 0 Å². The lowest BCUT2D eigenvalue weighted by molar-refractivity contribution is -0.134. The highest BCUT2D eigenvalue weighted by Gasteiger charge is 2.16. The van der Waals surface area contributed by atoms with Gasteiger partial charge < -0.3 is 21.3 Å². The molecule has 2 rings (SSSR count). The smallest absolute Gasteiger partial charge is 0.245 e. The molecular formula is C16H21N5O3S. The van der Waals surface area contributed by atoms with Gasteiger partial charge in [-0.3, -0.25) is 14.4 Å². The Kier molecular flexibility index (Phi) is 6.05. The molecule has 3 amide bonds. The number of rotatable bonds is 6. The van der Waals surface area contributed by atoms with Crippen molar-refractivity contribution in [3.63, 3.8) is 0 Å². The number of likely N-dealkylation sites (N-methyl/N-ethyl adjacent to an activating group) is 1. The Balaban J connectivity index is 1.87. The van der Waals surface area contributed by atoms with Gasteiger partial charge in [-0.1, -0.05) is 17.4 Å². The highest BCUT2D eigenvalue weighted by molar-refractivity contribution is 7.22. The SMILES string of the molecule is Cc1ccc2nc(NC(=O)CN(C)C(=O)CNC(=O)[C@H](C)N)sc2c1. The van der Waals surface area contributed by atoms with E-state index in [1.807, 2.05) is 25.1 Å². The van der Waals surface area contributed by atoms with Gasteiger partial charge in [0.05, 0.1) is 29.3 Å². The number of thiazole rings is 1. The summed E-state index contributed by atoms with van der Waals surface area (Å²) in [5, 5.41) is 5.58. The Morgan fingerprint density at radius 1 is 1.36 bits per heavy atom. The summed E-state index contributed by atoms with van der Waals surface area (Å²) in [6.45, 7) is 3.17. The highest BCUT2D eigenvalue weighted by atomic mass is 32.1. The van der Waals surface area contributed by atoms with E-state index >= 15 is 0 Å². The first-order chi connectivity index (χ1) is 11.8. The number of benzene rings is 1. The van der Waals surface area contributed by atoms with Gasteiger partial charge in [0.25, 0.3) is 0 Å². The van der Waals surface area contributed by atoms with Crippen LogP contribution >= 0.6 is 11.3 Å². The van der Waals surface area contributed by atoms with Crippen molar-refractivity contribution in [3.8, 4) is 0 Å². The number of amides is 3. The molecule has 1 aromatic heterocycles. The third kappa shape index (κ3) is 5.23. The first-order valence-electron chi connectivity index (χ1n) is 7.70. The van der Waals surface area contributed by atoms with Crippen molar-refractivity contribution in [1.29, 1.82) is 0 Å². The van der Waals surface area contributed by atoms with Crippen molar-refractivity contribution >= 4 is 44.4 Å². The molecular weight excluding hydrogens is 342 g/mol. The van der Waals surface area contributed by atoms with Crippen molar-refractivity contribution in [2.24, 2.45) is 5.73 Å². The maximum absolute atomic E-state index is 12.1. The summed E-state index contributed by atoms with van der Waals surface area (Å²) in [5.74, 6) is -1.16. The molecule has 4 N–H and O–H groups in total. The van der Waals surface area contributed by atoms with Crippen molar-refractivity contribution in [3.05, 3.63) is 23.8 Å². The molecule has 0 unspecified atom stereocenters. The van der Waals surface area contributed by atoms with Crippen molar-refractivity contribution < 1.29 is 14.4 Å². The molecule has 134 valence electrons. The fraction of sp³-hybridized carbons (Fsp3) is 0.375. The predicted molar refractivity (Wildman–Crippen MR) is 97.3 cm³/mol. The van der Waals surface area contributed by atoms with Crippen LogP contribution < -0.4 is 16.4 Å². The monoisotopic (exact) mass is 363 g/mol. The van der Waals surface area contributed by atoms with E-state index < -0.39 is 11.9 Å². The molecule has 1 aromatic carbocycles. The van der Waals surface area contributed by atoms with Crippen LogP contribution in [0.15, 0.2) is 18.2 Å². The van der Waals surface area contributed by atoms with Gasteiger partial charge in [-0.25, -0.2) is 4.98 Å². The number of nitrogens with one attached hydrogen (secondary N) is 2. The number of hydrogen-bond acceptors (Lipinski definition) is 6. The molecule has 0 aliphatic rings. The summed E-state index contributed by atoms with van der Waals surface area (Å²) in [4.78, 5) is 40.9. The van der Waals surface area contributed by atoms with Gasteiger partial charge in [0.1, 0.15) is 0 Å². The van der Waals surface area contributed by atoms with Crippen LogP contribution in [0.25, 0.3) is 10.2 Å². The molecule has 0 saturated heterocycles. The lowest BCUT2D eigenvalue weighted by Crippen LogP contribution is -2.45. The number of hydrogen-bond donors (Lipinski definition) is 3. The largest absolute Gasteiger partial charge is 0.346 e. The molecule has 0 fully saturated rings. The maximum atomic E-state index is 12.1. The summed E-state index contributed by atoms with van der Waals surface area (Å²) in [5.41, 5.74) is 7.33. The fourth-order valence-electron chi connectivity index (χ4n) is 2.01. The zero-order valence-electron chi connectivity index (χ0n) is 14.3. The van der Waals surface area contributed by atoms with Crippen molar-refractivity contribution in [2.45, 2.75) is 19.9 Å². The second-order valence-electron chi connectivity index (χ2n) is 5.79. The van der Waals surface area contributed by atoms with E-state index in [1.54, 1.807) is 0 Å². The normalized spacial score (nSPS) is 11.8. The molecule has 9 heteroatoms. The quantitative estimate of drug-likeness (QED) is 0.689. The van der Waals surface area contributed by atoms with E-state index in [4.69, 9.17) is 5.73 Å². The molecule has 1 heterocycles. The Bertz CT molecular complexity index is 802. The third-order valence-electron chi connectivity index (χ3n) is 3.42. The average molecular weight is 363 g/mol. The number of aromatic nitrogens is 1. The second kappa shape index (κ2) is 8.04. The molecule has 0 aliphatic heterocycles. The molecule has 0 saturated carbocycles. The molecule has 1 atom stereocenters. The van der Waals surface area contributed by atoms with Crippen LogP contribution in [0.4, 0.5) is 5.13 Å². The van der Waals surface area contributed by atoms with E-state index in [-0.39, 0.29) is 24.9 Å². The van der Waals surface area contributed by atoms with Gasteiger partial charge in [0.15, 0.2) is 5.13 Å². The predicted octanol–water partition coefficient (Wildman–Crippen LogP) is 0.465.